The van der Waals surface area contributed by atoms with Crippen LogP contribution < -0.4 is 5.43 Å². The summed E-state index contributed by atoms with van der Waals surface area (Å²) in [6.45, 7) is 5.41. The molecule has 0 unspecified atom stereocenters. The number of nitrogens with one attached hydrogen (secondary N) is 1. The molecular weight excluding hydrogens is 368 g/mol. The van der Waals surface area contributed by atoms with Crippen LogP contribution in [0.5, 0.6) is 0 Å². The van der Waals surface area contributed by atoms with Gasteiger partial charge in [-0.1, -0.05) is 29.8 Å². The monoisotopic (exact) mass is 386 g/mol. The first-order chi connectivity index (χ1) is 13.0. The van der Waals surface area contributed by atoms with Crippen LogP contribution in [0.1, 0.15) is 16.7 Å². The highest BCUT2D eigenvalue weighted by Gasteiger charge is 2.31. The normalized spacial score (nSPS) is 14.3. The Labute approximate surface area is 161 Å². The first-order valence-electron chi connectivity index (χ1n) is 8.40. The molecule has 1 aromatic heterocycles. The number of nitro groups is 1. The molecule has 1 aromatic carbocycles. The van der Waals surface area contributed by atoms with Crippen LogP contribution in [0.3, 0.4) is 0 Å². The third-order valence-electron chi connectivity index (χ3n) is 4.35. The van der Waals surface area contributed by atoms with E-state index in [1.54, 1.807) is 12.3 Å². The number of rotatable bonds is 5. The molecule has 0 atom stereocenters. The molecule has 0 fully saturated rings. The fourth-order valence-electron chi connectivity index (χ4n) is 2.73. The van der Waals surface area contributed by atoms with Crippen molar-refractivity contribution < 1.29 is 4.92 Å². The van der Waals surface area contributed by atoms with Gasteiger partial charge in [0.05, 0.1) is 17.3 Å². The number of aromatic nitrogens is 1. The fourth-order valence-corrected chi connectivity index (χ4v) is 2.84. The number of hydrazone groups is 1. The second kappa shape index (κ2) is 8.13. The Kier molecular flexibility index (Phi) is 5.66. The molecule has 0 spiro atoms. The molecular formula is C18H19ClN6O2. The van der Waals surface area contributed by atoms with E-state index in [2.05, 4.69) is 20.5 Å². The number of halogens is 1. The van der Waals surface area contributed by atoms with Gasteiger partial charge >= 0.3 is 5.84 Å². The highest BCUT2D eigenvalue weighted by atomic mass is 35.5. The average Bonchev–Trinajstić information content (AvgIpc) is 3.08. The molecule has 0 bridgehead atoms. The van der Waals surface area contributed by atoms with E-state index in [0.29, 0.717) is 24.8 Å². The number of hydrogen-bond donors (Lipinski definition) is 1. The molecule has 1 N–H and O–H groups in total. The second-order valence-electron chi connectivity index (χ2n) is 6.17. The van der Waals surface area contributed by atoms with Crippen LogP contribution in [-0.4, -0.2) is 39.6 Å². The number of hydrogen-bond acceptors (Lipinski definition) is 7. The zero-order chi connectivity index (χ0) is 19.4. The lowest BCUT2D eigenvalue weighted by atomic mass is 10.1. The molecule has 0 saturated heterocycles. The summed E-state index contributed by atoms with van der Waals surface area (Å²) in [6, 6.07) is 9.20. The van der Waals surface area contributed by atoms with Gasteiger partial charge < -0.3 is 15.0 Å². The molecule has 9 heteroatoms. The van der Waals surface area contributed by atoms with Gasteiger partial charge in [0.2, 0.25) is 5.84 Å². The highest BCUT2D eigenvalue weighted by Crippen LogP contribution is 2.18. The Balaban J connectivity index is 1.81. The van der Waals surface area contributed by atoms with Crippen molar-refractivity contribution in [1.82, 2.24) is 9.88 Å². The lowest BCUT2D eigenvalue weighted by molar-refractivity contribution is -0.346. The van der Waals surface area contributed by atoms with Crippen molar-refractivity contribution in [2.75, 3.05) is 18.5 Å². The van der Waals surface area contributed by atoms with Gasteiger partial charge in [-0.15, -0.1) is 0 Å². The van der Waals surface area contributed by atoms with Crippen LogP contribution in [0, 0.1) is 24.0 Å². The molecule has 0 aliphatic carbocycles. The quantitative estimate of drug-likeness (QED) is 0.280. The van der Waals surface area contributed by atoms with E-state index in [-0.39, 0.29) is 11.7 Å². The summed E-state index contributed by atoms with van der Waals surface area (Å²) in [5.74, 6) is -0.0527. The number of pyridine rings is 1. The van der Waals surface area contributed by atoms with Crippen molar-refractivity contribution in [2.24, 2.45) is 10.1 Å². The standard InChI is InChI=1S/C18H19ClN6O2/c1-12-4-3-5-15(13(12)2)22-23-18(25(26)27)17-20-8-9-24(17)11-14-6-7-16(19)21-10-14/h3-7,10,22H,8-9,11H2,1-2H3/b23-18-. The molecule has 1 aliphatic heterocycles. The lowest BCUT2D eigenvalue weighted by Crippen LogP contribution is -2.37. The van der Waals surface area contributed by atoms with E-state index in [4.69, 9.17) is 11.6 Å². The topological polar surface area (TPSA) is 96.0 Å². The van der Waals surface area contributed by atoms with Crippen molar-refractivity contribution >= 4 is 29.0 Å². The van der Waals surface area contributed by atoms with Crippen molar-refractivity contribution in [3.8, 4) is 0 Å². The predicted molar refractivity (Wildman–Crippen MR) is 106 cm³/mol. The molecule has 8 nitrogen and oxygen atoms in total. The SMILES string of the molecule is Cc1cccc(N/N=C(/C2=NCCN2Cc2ccc(Cl)nc2)[N+](=O)[O-])c1C. The molecule has 3 rings (SSSR count). The Hall–Kier alpha value is -3.00. The van der Waals surface area contributed by atoms with Crippen LogP contribution in [0.25, 0.3) is 0 Å². The summed E-state index contributed by atoms with van der Waals surface area (Å²) in [5, 5.41) is 16.0. The van der Waals surface area contributed by atoms with Gasteiger partial charge in [-0.25, -0.2) is 4.98 Å². The number of benzene rings is 1. The van der Waals surface area contributed by atoms with Gasteiger partial charge in [-0.2, -0.15) is 5.43 Å². The average molecular weight is 387 g/mol. The molecule has 0 amide bonds. The maximum Gasteiger partial charge on any atom is 0.430 e. The summed E-state index contributed by atoms with van der Waals surface area (Å²) in [4.78, 5) is 21.2. The maximum absolute atomic E-state index is 11.6. The van der Waals surface area contributed by atoms with Crippen molar-refractivity contribution in [2.45, 2.75) is 20.4 Å². The summed E-state index contributed by atoms with van der Waals surface area (Å²) in [5.41, 5.74) is 6.49. The van der Waals surface area contributed by atoms with Crippen LogP contribution in [0.4, 0.5) is 5.69 Å². The molecule has 0 saturated carbocycles. The van der Waals surface area contributed by atoms with Gasteiger partial charge in [0.25, 0.3) is 0 Å². The lowest BCUT2D eigenvalue weighted by Gasteiger charge is -2.18. The highest BCUT2D eigenvalue weighted by molar-refractivity contribution is 6.37. The number of aryl methyl sites for hydroxylation is 1. The van der Waals surface area contributed by atoms with Gasteiger partial charge in [-0.05, 0) is 47.6 Å². The van der Waals surface area contributed by atoms with E-state index in [1.165, 1.54) is 0 Å². The van der Waals surface area contributed by atoms with E-state index in [0.717, 1.165) is 22.4 Å². The van der Waals surface area contributed by atoms with Gasteiger partial charge in [0, 0.05) is 19.3 Å². The Morgan fingerprint density at radius 2 is 2.19 bits per heavy atom. The van der Waals surface area contributed by atoms with Crippen molar-refractivity contribution in [3.63, 3.8) is 0 Å². The van der Waals surface area contributed by atoms with Gasteiger partial charge in [0.15, 0.2) is 0 Å². The van der Waals surface area contributed by atoms with Crippen molar-refractivity contribution in [3.05, 3.63) is 68.5 Å². The van der Waals surface area contributed by atoms with E-state index >= 15 is 0 Å². The smallest absolute Gasteiger partial charge is 0.358 e. The molecule has 0 radical (unpaired) electrons. The Bertz CT molecular complexity index is 911. The third-order valence-corrected chi connectivity index (χ3v) is 4.58. The number of aliphatic imine (C=N–C) groups is 1. The third kappa shape index (κ3) is 4.40. The predicted octanol–water partition coefficient (Wildman–Crippen LogP) is 3.27. The second-order valence-corrected chi connectivity index (χ2v) is 6.56. The van der Waals surface area contributed by atoms with E-state index in [1.807, 2.05) is 43.0 Å². The van der Waals surface area contributed by atoms with Crippen LogP contribution in [0.15, 0.2) is 46.6 Å². The van der Waals surface area contributed by atoms with Crippen LogP contribution >= 0.6 is 11.6 Å². The summed E-state index contributed by atoms with van der Waals surface area (Å²) >= 11 is 5.81. The van der Waals surface area contributed by atoms with Crippen molar-refractivity contribution in [1.29, 1.82) is 0 Å². The molecule has 1 aliphatic rings. The summed E-state index contributed by atoms with van der Waals surface area (Å²) < 4.78 is 0. The Morgan fingerprint density at radius 1 is 1.37 bits per heavy atom. The first-order valence-corrected chi connectivity index (χ1v) is 8.78. The van der Waals surface area contributed by atoms with E-state index < -0.39 is 4.92 Å². The number of amidine groups is 2. The molecule has 27 heavy (non-hydrogen) atoms. The number of nitrogens with zero attached hydrogens (tertiary/aromatic N) is 5. The minimum atomic E-state index is -0.518. The zero-order valence-corrected chi connectivity index (χ0v) is 15.8. The fraction of sp³-hybridized carbons (Fsp3) is 0.278. The first kappa shape index (κ1) is 18.8. The minimum Gasteiger partial charge on any atom is -0.358 e. The maximum atomic E-state index is 11.6. The summed E-state index contributed by atoms with van der Waals surface area (Å²) in [7, 11) is 0. The minimum absolute atomic E-state index is 0.257. The molecule has 2 aromatic rings. The zero-order valence-electron chi connectivity index (χ0n) is 15.0. The molecule has 140 valence electrons. The van der Waals surface area contributed by atoms with Crippen LogP contribution in [-0.2, 0) is 6.54 Å². The Morgan fingerprint density at radius 3 is 2.89 bits per heavy atom. The van der Waals surface area contributed by atoms with Crippen LogP contribution in [0.2, 0.25) is 5.15 Å². The van der Waals surface area contributed by atoms with Gasteiger partial charge in [-0.3, -0.25) is 4.99 Å². The van der Waals surface area contributed by atoms with E-state index in [9.17, 15) is 10.1 Å². The number of anilines is 1. The van der Waals surface area contributed by atoms with Gasteiger partial charge in [0.1, 0.15) is 5.15 Å². The summed E-state index contributed by atoms with van der Waals surface area (Å²) in [6.07, 6.45) is 1.65. The largest absolute Gasteiger partial charge is 0.430 e. The molecule has 2 heterocycles.